The average molecular weight is 661 g/mol. The minimum absolute atomic E-state index is 0. The summed E-state index contributed by atoms with van der Waals surface area (Å²) in [5.41, 5.74) is -0.202. The monoisotopic (exact) mass is 661 g/mol. The number of hydrogen-bond acceptors (Lipinski definition) is 2. The molecule has 0 rings (SSSR count). The van der Waals surface area contributed by atoms with Crippen molar-refractivity contribution in [3.63, 3.8) is 0 Å². The molecule has 0 N–H and O–H groups in total. The molecule has 0 spiro atoms. The average Bonchev–Trinajstić information content (AvgIpc) is 2.99. The molecule has 2 nitrogen and oxygen atoms in total. The SMILES string of the molecule is CCCCCCCCCCCCC(CCCCCC)C(CCCCCC)(CCCCCC)O[PH](=O)C(C)(C)C(C)CCC.P. The number of unbranched alkanes of at least 4 members (excludes halogenated alkanes) is 18. The lowest BCUT2D eigenvalue weighted by Gasteiger charge is -2.44. The van der Waals surface area contributed by atoms with Crippen molar-refractivity contribution in [3.05, 3.63) is 0 Å². The Balaban J connectivity index is 0. The van der Waals surface area contributed by atoms with Crippen molar-refractivity contribution in [2.24, 2.45) is 11.8 Å². The van der Waals surface area contributed by atoms with Crippen LogP contribution in [-0.4, -0.2) is 10.8 Å². The molecule has 0 heterocycles. The zero-order chi connectivity index (χ0) is 32.2. The van der Waals surface area contributed by atoms with Gasteiger partial charge in [0.2, 0.25) is 0 Å². The second kappa shape index (κ2) is 30.9. The van der Waals surface area contributed by atoms with Gasteiger partial charge in [-0.3, -0.25) is 4.57 Å². The number of rotatable bonds is 33. The van der Waals surface area contributed by atoms with Crippen LogP contribution < -0.4 is 0 Å². The van der Waals surface area contributed by atoms with E-state index in [2.05, 4.69) is 55.4 Å². The van der Waals surface area contributed by atoms with Gasteiger partial charge in [0.05, 0.1) is 5.60 Å². The molecule has 0 aromatic carbocycles. The van der Waals surface area contributed by atoms with Gasteiger partial charge in [-0.15, -0.1) is 0 Å². The standard InChI is InChI=1S/C40H83O2P.H3P/c1-9-14-18-22-23-24-25-26-27-29-34-38(33-28-19-15-10-2)40(35-30-20-16-11-3,36-31-21-17-12-4)42-43(41)39(7,8)37(6)32-13-5;/h37-38,43H,9-36H2,1-8H3;1H3. The van der Waals surface area contributed by atoms with Gasteiger partial charge in [0, 0.05) is 5.16 Å². The van der Waals surface area contributed by atoms with Crippen LogP contribution in [0.3, 0.4) is 0 Å². The molecular formula is C40H86O2P2. The number of hydrogen-bond donors (Lipinski definition) is 0. The quantitative estimate of drug-likeness (QED) is 0.0517. The Morgan fingerprint density at radius 2 is 0.841 bits per heavy atom. The van der Waals surface area contributed by atoms with Crippen molar-refractivity contribution in [3.8, 4) is 0 Å². The third kappa shape index (κ3) is 21.5. The fourth-order valence-electron chi connectivity index (χ4n) is 7.10. The lowest BCUT2D eigenvalue weighted by Crippen LogP contribution is -2.41. The van der Waals surface area contributed by atoms with E-state index in [1.165, 1.54) is 154 Å². The molecule has 0 aromatic rings. The highest BCUT2D eigenvalue weighted by Crippen LogP contribution is 2.53. The molecule has 44 heavy (non-hydrogen) atoms. The van der Waals surface area contributed by atoms with Gasteiger partial charge >= 0.3 is 0 Å². The molecule has 0 saturated carbocycles. The Kier molecular flexibility index (Phi) is 32.8. The van der Waals surface area contributed by atoms with Crippen LogP contribution in [0.15, 0.2) is 0 Å². The van der Waals surface area contributed by atoms with Gasteiger partial charge in [0.15, 0.2) is 8.03 Å². The van der Waals surface area contributed by atoms with Gasteiger partial charge in [0.1, 0.15) is 0 Å². The normalized spacial score (nSPS) is 14.4. The first-order valence-electron chi connectivity index (χ1n) is 20.0. The second-order valence-corrected chi connectivity index (χ2v) is 17.1. The highest BCUT2D eigenvalue weighted by molar-refractivity contribution is 7.41. The zero-order valence-electron chi connectivity index (χ0n) is 32.0. The molecule has 4 heteroatoms. The van der Waals surface area contributed by atoms with E-state index >= 15 is 0 Å². The van der Waals surface area contributed by atoms with Crippen LogP contribution in [0.5, 0.6) is 0 Å². The van der Waals surface area contributed by atoms with Crippen molar-refractivity contribution >= 4 is 17.9 Å². The van der Waals surface area contributed by atoms with Crippen LogP contribution in [0, 0.1) is 11.8 Å². The molecule has 0 aliphatic carbocycles. The summed E-state index contributed by atoms with van der Waals surface area (Å²) >= 11 is 0. The molecule has 0 fully saturated rings. The molecule has 0 aliphatic heterocycles. The summed E-state index contributed by atoms with van der Waals surface area (Å²) in [4.78, 5) is 0. The van der Waals surface area contributed by atoms with Crippen LogP contribution >= 0.6 is 17.9 Å². The van der Waals surface area contributed by atoms with E-state index < -0.39 is 8.03 Å². The van der Waals surface area contributed by atoms with Gasteiger partial charge < -0.3 is 4.52 Å². The molecule has 0 aliphatic rings. The predicted molar refractivity (Wildman–Crippen MR) is 208 cm³/mol. The Labute approximate surface area is 284 Å². The topological polar surface area (TPSA) is 26.3 Å². The highest BCUT2D eigenvalue weighted by Gasteiger charge is 2.43. The summed E-state index contributed by atoms with van der Waals surface area (Å²) in [5, 5.41) is -0.247. The Morgan fingerprint density at radius 3 is 1.23 bits per heavy atom. The summed E-state index contributed by atoms with van der Waals surface area (Å²) < 4.78 is 21.6. The fourth-order valence-corrected chi connectivity index (χ4v) is 8.65. The summed E-state index contributed by atoms with van der Waals surface area (Å²) in [5.74, 6) is 0.972. The zero-order valence-corrected chi connectivity index (χ0v) is 34.4. The van der Waals surface area contributed by atoms with Gasteiger partial charge in [0.25, 0.3) is 0 Å². The van der Waals surface area contributed by atoms with Crippen LogP contribution in [-0.2, 0) is 9.09 Å². The van der Waals surface area contributed by atoms with Crippen LogP contribution in [0.2, 0.25) is 0 Å². The predicted octanol–water partition coefficient (Wildman–Crippen LogP) is 15.3. The van der Waals surface area contributed by atoms with Crippen molar-refractivity contribution in [2.75, 3.05) is 0 Å². The third-order valence-corrected chi connectivity index (χ3v) is 12.9. The smallest absolute Gasteiger partial charge is 0.197 e. The third-order valence-electron chi connectivity index (χ3n) is 10.7. The maximum absolute atomic E-state index is 14.4. The minimum atomic E-state index is -2.21. The van der Waals surface area contributed by atoms with Crippen molar-refractivity contribution in [1.29, 1.82) is 0 Å². The molecule has 4 unspecified atom stereocenters. The van der Waals surface area contributed by atoms with Crippen molar-refractivity contribution < 1.29 is 9.09 Å². The van der Waals surface area contributed by atoms with Gasteiger partial charge in [-0.2, -0.15) is 9.90 Å². The largest absolute Gasteiger partial charge is 0.323 e. The van der Waals surface area contributed by atoms with Gasteiger partial charge in [-0.1, -0.05) is 203 Å². The van der Waals surface area contributed by atoms with Crippen LogP contribution in [0.1, 0.15) is 235 Å². The minimum Gasteiger partial charge on any atom is -0.323 e. The maximum atomic E-state index is 14.4. The molecule has 4 atom stereocenters. The van der Waals surface area contributed by atoms with E-state index in [0.29, 0.717) is 11.8 Å². The van der Waals surface area contributed by atoms with E-state index in [-0.39, 0.29) is 20.7 Å². The molecule has 0 bridgehead atoms. The molecular weight excluding hydrogens is 574 g/mol. The van der Waals surface area contributed by atoms with E-state index in [4.69, 9.17) is 4.52 Å². The lowest BCUT2D eigenvalue weighted by molar-refractivity contribution is -0.0184. The van der Waals surface area contributed by atoms with Gasteiger partial charge in [-0.05, 0) is 43.9 Å². The summed E-state index contributed by atoms with van der Waals surface area (Å²) in [6.45, 7) is 18.3. The summed E-state index contributed by atoms with van der Waals surface area (Å²) in [6.07, 6.45) is 36.4. The summed E-state index contributed by atoms with van der Waals surface area (Å²) in [6, 6.07) is 0. The first kappa shape index (κ1) is 46.7. The molecule has 0 saturated heterocycles. The van der Waals surface area contributed by atoms with Gasteiger partial charge in [-0.25, -0.2) is 0 Å². The fraction of sp³-hybridized carbons (Fsp3) is 1.00. The molecule has 0 radical (unpaired) electrons. The lowest BCUT2D eigenvalue weighted by atomic mass is 9.74. The summed E-state index contributed by atoms with van der Waals surface area (Å²) in [7, 11) is -2.21. The maximum Gasteiger partial charge on any atom is 0.197 e. The Hall–Kier alpha value is 0.620. The Morgan fingerprint density at radius 1 is 0.500 bits per heavy atom. The highest BCUT2D eigenvalue weighted by atomic mass is 31.1. The van der Waals surface area contributed by atoms with E-state index in [1.807, 2.05) is 0 Å². The van der Waals surface area contributed by atoms with Crippen LogP contribution in [0.4, 0.5) is 0 Å². The molecule has 0 aromatic heterocycles. The first-order chi connectivity index (χ1) is 20.7. The molecule has 268 valence electrons. The van der Waals surface area contributed by atoms with E-state index in [0.717, 1.165) is 25.7 Å². The van der Waals surface area contributed by atoms with E-state index in [1.54, 1.807) is 0 Å². The van der Waals surface area contributed by atoms with Crippen molar-refractivity contribution in [2.45, 2.75) is 246 Å². The van der Waals surface area contributed by atoms with Crippen LogP contribution in [0.25, 0.3) is 0 Å². The second-order valence-electron chi connectivity index (χ2n) is 15.0. The first-order valence-corrected chi connectivity index (χ1v) is 21.3. The van der Waals surface area contributed by atoms with E-state index in [9.17, 15) is 4.57 Å². The van der Waals surface area contributed by atoms with Crippen molar-refractivity contribution in [1.82, 2.24) is 0 Å². The molecule has 0 amide bonds. The Bertz CT molecular complexity index is 608.